The Morgan fingerprint density at radius 3 is 2.55 bits per heavy atom. The molecule has 0 saturated heterocycles. The van der Waals surface area contributed by atoms with Crippen molar-refractivity contribution in [3.8, 4) is 0 Å². The Morgan fingerprint density at radius 1 is 1.18 bits per heavy atom. The van der Waals surface area contributed by atoms with E-state index >= 15 is 0 Å². The van der Waals surface area contributed by atoms with E-state index < -0.39 is 10.0 Å². The SMILES string of the molecule is C=C(/C=C\C1=CCCCN1S(C)(=O)=O)c1ccc2c(c1)N(C(=O)C1CC1)CC(C)N2C(C)=O. The highest BCUT2D eigenvalue weighted by molar-refractivity contribution is 7.88. The maximum Gasteiger partial charge on any atom is 0.232 e. The first-order valence-corrected chi connectivity index (χ1v) is 13.2. The van der Waals surface area contributed by atoms with Crippen LogP contribution in [0.15, 0.2) is 48.7 Å². The number of allylic oxidation sites excluding steroid dienone is 4. The molecule has 7 nitrogen and oxygen atoms in total. The van der Waals surface area contributed by atoms with Gasteiger partial charge < -0.3 is 9.80 Å². The van der Waals surface area contributed by atoms with Gasteiger partial charge in [-0.2, -0.15) is 0 Å². The maximum absolute atomic E-state index is 13.0. The molecule has 1 aliphatic carbocycles. The van der Waals surface area contributed by atoms with Gasteiger partial charge in [0, 0.05) is 31.6 Å². The second-order valence-electron chi connectivity index (χ2n) is 9.13. The molecule has 0 spiro atoms. The lowest BCUT2D eigenvalue weighted by Gasteiger charge is -2.41. The van der Waals surface area contributed by atoms with Crippen molar-refractivity contribution in [3.05, 3.63) is 54.3 Å². The lowest BCUT2D eigenvalue weighted by molar-refractivity contribution is -0.120. The average Bonchev–Trinajstić information content (AvgIpc) is 3.61. The molecular weight excluding hydrogens is 438 g/mol. The molecule has 33 heavy (non-hydrogen) atoms. The Balaban J connectivity index is 1.65. The van der Waals surface area contributed by atoms with Crippen molar-refractivity contribution in [2.75, 3.05) is 29.1 Å². The Hall–Kier alpha value is -2.87. The minimum Gasteiger partial charge on any atom is -0.308 e. The molecule has 0 bridgehead atoms. The van der Waals surface area contributed by atoms with Gasteiger partial charge in [-0.3, -0.25) is 13.9 Å². The summed E-state index contributed by atoms with van der Waals surface area (Å²) in [6, 6.07) is 5.57. The van der Waals surface area contributed by atoms with Crippen LogP contribution in [0.4, 0.5) is 11.4 Å². The number of benzene rings is 1. The molecule has 176 valence electrons. The van der Waals surface area contributed by atoms with Crippen LogP contribution >= 0.6 is 0 Å². The molecule has 0 radical (unpaired) electrons. The van der Waals surface area contributed by atoms with Crippen LogP contribution in [-0.2, 0) is 19.6 Å². The lowest BCUT2D eigenvalue weighted by atomic mass is 10.0. The van der Waals surface area contributed by atoms with Crippen molar-refractivity contribution in [2.24, 2.45) is 5.92 Å². The highest BCUT2D eigenvalue weighted by atomic mass is 32.2. The second kappa shape index (κ2) is 8.82. The minimum absolute atomic E-state index is 0.0566. The highest BCUT2D eigenvalue weighted by Gasteiger charge is 2.39. The number of fused-ring (bicyclic) bond motifs is 1. The molecule has 2 amide bonds. The number of sulfonamides is 1. The molecule has 8 heteroatoms. The van der Waals surface area contributed by atoms with E-state index in [1.807, 2.05) is 36.1 Å². The summed E-state index contributed by atoms with van der Waals surface area (Å²) in [6.45, 7) is 8.60. The molecule has 2 aliphatic heterocycles. The first kappa shape index (κ1) is 23.3. The number of rotatable bonds is 5. The lowest BCUT2D eigenvalue weighted by Crippen LogP contribution is -2.51. The number of amides is 2. The summed E-state index contributed by atoms with van der Waals surface area (Å²) in [5.74, 6) is 0.125. The van der Waals surface area contributed by atoms with E-state index in [4.69, 9.17) is 0 Å². The van der Waals surface area contributed by atoms with Gasteiger partial charge in [0.2, 0.25) is 21.8 Å². The van der Waals surface area contributed by atoms with E-state index in [-0.39, 0.29) is 23.8 Å². The van der Waals surface area contributed by atoms with E-state index in [2.05, 4.69) is 6.58 Å². The quantitative estimate of drug-likeness (QED) is 0.616. The summed E-state index contributed by atoms with van der Waals surface area (Å²) in [6.07, 6.45) is 10.2. The molecular formula is C25H31N3O4S. The molecule has 2 heterocycles. The summed E-state index contributed by atoms with van der Waals surface area (Å²) in [4.78, 5) is 28.9. The van der Waals surface area contributed by atoms with Gasteiger partial charge in [0.05, 0.1) is 23.7 Å². The van der Waals surface area contributed by atoms with Crippen LogP contribution in [0.25, 0.3) is 5.57 Å². The van der Waals surface area contributed by atoms with Gasteiger partial charge in [-0.25, -0.2) is 8.42 Å². The van der Waals surface area contributed by atoms with Crippen LogP contribution in [0, 0.1) is 5.92 Å². The van der Waals surface area contributed by atoms with Gasteiger partial charge in [0.1, 0.15) is 0 Å². The third-order valence-electron chi connectivity index (χ3n) is 6.38. The van der Waals surface area contributed by atoms with Crippen molar-refractivity contribution >= 4 is 38.8 Å². The van der Waals surface area contributed by atoms with Crippen LogP contribution in [0.5, 0.6) is 0 Å². The van der Waals surface area contributed by atoms with Gasteiger partial charge in [-0.1, -0.05) is 24.8 Å². The van der Waals surface area contributed by atoms with Crippen LogP contribution in [-0.4, -0.2) is 49.9 Å². The maximum atomic E-state index is 13.0. The predicted octanol–water partition coefficient (Wildman–Crippen LogP) is 3.69. The zero-order valence-corrected chi connectivity index (χ0v) is 20.3. The largest absolute Gasteiger partial charge is 0.308 e. The van der Waals surface area contributed by atoms with Crippen molar-refractivity contribution in [1.29, 1.82) is 0 Å². The molecule has 0 N–H and O–H groups in total. The molecule has 4 rings (SSSR count). The van der Waals surface area contributed by atoms with E-state index in [0.29, 0.717) is 24.4 Å². The fourth-order valence-electron chi connectivity index (χ4n) is 4.57. The standard InChI is InChI=1S/C25H31N3O4S/c1-17(8-12-22-7-5-6-14-27(22)33(4,31)32)21-11-13-23-24(15-21)26(25(30)20-9-10-20)16-18(2)28(23)19(3)29/h7-8,11-13,15,18,20H,1,5-6,9-10,14,16H2,2-4H3/b12-8-. The fourth-order valence-corrected chi connectivity index (χ4v) is 5.55. The molecule has 1 unspecified atom stereocenters. The normalized spacial score (nSPS) is 21.1. The molecule has 1 aromatic rings. The molecule has 1 fully saturated rings. The number of carbonyl (C=O) groups is 2. The van der Waals surface area contributed by atoms with Crippen LogP contribution in [0.3, 0.4) is 0 Å². The van der Waals surface area contributed by atoms with Gasteiger partial charge in [0.25, 0.3) is 0 Å². The van der Waals surface area contributed by atoms with Crippen LogP contribution < -0.4 is 9.80 Å². The van der Waals surface area contributed by atoms with Gasteiger partial charge >= 0.3 is 0 Å². The number of nitrogens with zero attached hydrogens (tertiary/aromatic N) is 3. The first-order chi connectivity index (χ1) is 15.6. The van der Waals surface area contributed by atoms with E-state index in [0.717, 1.165) is 42.6 Å². The first-order valence-electron chi connectivity index (χ1n) is 11.4. The van der Waals surface area contributed by atoms with Crippen molar-refractivity contribution < 1.29 is 18.0 Å². The molecule has 1 saturated carbocycles. The third-order valence-corrected chi connectivity index (χ3v) is 7.57. The van der Waals surface area contributed by atoms with E-state index in [1.54, 1.807) is 24.0 Å². The van der Waals surface area contributed by atoms with Crippen LogP contribution in [0.2, 0.25) is 0 Å². The molecule has 3 aliphatic rings. The zero-order valence-electron chi connectivity index (χ0n) is 19.5. The summed E-state index contributed by atoms with van der Waals surface area (Å²) < 4.78 is 25.6. The van der Waals surface area contributed by atoms with Gasteiger partial charge in [-0.05, 0) is 62.0 Å². The summed E-state index contributed by atoms with van der Waals surface area (Å²) in [5.41, 5.74) is 3.62. The molecule has 1 aromatic carbocycles. The number of hydrogen-bond donors (Lipinski definition) is 0. The predicted molar refractivity (Wildman–Crippen MR) is 131 cm³/mol. The monoisotopic (exact) mass is 469 g/mol. The van der Waals surface area contributed by atoms with E-state index in [9.17, 15) is 18.0 Å². The van der Waals surface area contributed by atoms with Crippen molar-refractivity contribution in [2.45, 2.75) is 45.6 Å². The molecule has 0 aromatic heterocycles. The van der Waals surface area contributed by atoms with Gasteiger partial charge in [0.15, 0.2) is 0 Å². The van der Waals surface area contributed by atoms with Gasteiger partial charge in [-0.15, -0.1) is 0 Å². The second-order valence-corrected chi connectivity index (χ2v) is 11.0. The number of anilines is 2. The highest BCUT2D eigenvalue weighted by Crippen LogP contribution is 2.41. The average molecular weight is 470 g/mol. The number of hydrogen-bond acceptors (Lipinski definition) is 4. The van der Waals surface area contributed by atoms with Crippen molar-refractivity contribution in [1.82, 2.24) is 4.31 Å². The van der Waals surface area contributed by atoms with E-state index in [1.165, 1.54) is 10.6 Å². The Bertz CT molecular complexity index is 1160. The Labute approximate surface area is 196 Å². The fraction of sp³-hybridized carbons (Fsp3) is 0.440. The number of carbonyl (C=O) groups excluding carboxylic acids is 2. The summed E-state index contributed by atoms with van der Waals surface area (Å²) in [7, 11) is -3.34. The van der Waals surface area contributed by atoms with Crippen LogP contribution in [0.1, 0.15) is 45.1 Å². The zero-order chi connectivity index (χ0) is 23.9. The Morgan fingerprint density at radius 2 is 1.91 bits per heavy atom. The smallest absolute Gasteiger partial charge is 0.232 e. The third kappa shape index (κ3) is 4.76. The minimum atomic E-state index is -3.34. The topological polar surface area (TPSA) is 78.0 Å². The summed E-state index contributed by atoms with van der Waals surface area (Å²) >= 11 is 0. The Kier molecular flexibility index (Phi) is 6.22. The van der Waals surface area contributed by atoms with Crippen molar-refractivity contribution in [3.63, 3.8) is 0 Å². The summed E-state index contributed by atoms with van der Waals surface area (Å²) in [5, 5.41) is 0. The molecule has 1 atom stereocenters.